The maximum atomic E-state index is 14.3. The minimum absolute atomic E-state index is 0.191. The molecule has 79 heavy (non-hydrogen) atoms. The molecule has 0 radical (unpaired) electrons. The van der Waals surface area contributed by atoms with Crippen LogP contribution in [-0.4, -0.2) is 17.0 Å². The third-order valence-corrected chi connectivity index (χ3v) is 19.5. The molecule has 0 fully saturated rings. The fourth-order valence-electron chi connectivity index (χ4n) is 16.1. The lowest BCUT2D eigenvalue weighted by Gasteiger charge is -2.45. The van der Waals surface area contributed by atoms with Crippen molar-refractivity contribution in [2.75, 3.05) is 0 Å². The van der Waals surface area contributed by atoms with Gasteiger partial charge in [-0.2, -0.15) is 0 Å². The normalized spacial score (nSPS) is 25.3. The summed E-state index contributed by atoms with van der Waals surface area (Å²) in [5, 5.41) is 12.2. The van der Waals surface area contributed by atoms with E-state index in [9.17, 15) is 9.90 Å². The predicted octanol–water partition coefficient (Wildman–Crippen LogP) is 21.6. The number of Topliss-reactive ketones (excluding diaryl/α,β-unsaturated/α-hetero) is 1. The molecule has 7 unspecified atom stereocenters. The van der Waals surface area contributed by atoms with Crippen LogP contribution in [0.2, 0.25) is 0 Å². The number of ketones is 1. The van der Waals surface area contributed by atoms with E-state index in [1.165, 1.54) is 63.0 Å². The summed E-state index contributed by atoms with van der Waals surface area (Å²) in [5.74, 6) is 4.42. The largest absolute Gasteiger partial charge is 0.393 e. The van der Waals surface area contributed by atoms with Gasteiger partial charge in [0.1, 0.15) is 5.78 Å². The van der Waals surface area contributed by atoms with E-state index < -0.39 is 6.10 Å². The summed E-state index contributed by atoms with van der Waals surface area (Å²) in [7, 11) is 0. The summed E-state index contributed by atoms with van der Waals surface area (Å²) in [6.45, 7) is 44.0. The Morgan fingerprint density at radius 2 is 1.54 bits per heavy atom. The van der Waals surface area contributed by atoms with Crippen LogP contribution < -0.4 is 0 Å². The fraction of sp³-hybridized carbons (Fsp3) is 0.571. The molecule has 0 aromatic heterocycles. The molecule has 1 N–H and O–H groups in total. The van der Waals surface area contributed by atoms with Crippen LogP contribution in [0.25, 0.3) is 5.57 Å². The van der Waals surface area contributed by atoms with Crippen LogP contribution in [0, 0.1) is 64.1 Å². The summed E-state index contributed by atoms with van der Waals surface area (Å²) in [4.78, 5) is 14.3. The van der Waals surface area contributed by atoms with Crippen molar-refractivity contribution < 1.29 is 9.90 Å². The number of hydrogen-bond donors (Lipinski definition) is 1. The predicted molar refractivity (Wildman–Crippen MR) is 343 cm³/mol. The SMILES string of the molecule is C=CCC[C@H]1C(C)=C(CCC(=O)CCC(CCC(=C)CCC(=C)C2=C([C@@H](C(=C)CC(C)(C)C)C3CC=CCC3)CCC=C2)CC(O)CCC2c3ccccc3C(C(C)CC(C)(C)C)=C3C=CCC[C@H]32)C2C=CC=C[C@H]2C1C(=C)C. The Kier molecular flexibility index (Phi) is 22.4. The van der Waals surface area contributed by atoms with E-state index in [-0.39, 0.29) is 16.7 Å². The Hall–Kier alpha value is -4.53. The molecule has 0 spiro atoms. The van der Waals surface area contributed by atoms with Gasteiger partial charge in [0.2, 0.25) is 0 Å². The van der Waals surface area contributed by atoms with Crippen LogP contribution in [0.5, 0.6) is 0 Å². The summed E-state index contributed by atoms with van der Waals surface area (Å²) >= 11 is 0. The number of allylic oxidation sites excluding steroid dienone is 21. The van der Waals surface area contributed by atoms with Crippen molar-refractivity contribution in [2.45, 2.75) is 216 Å². The quantitative estimate of drug-likeness (QED) is 0.0849. The van der Waals surface area contributed by atoms with Crippen molar-refractivity contribution in [1.82, 2.24) is 0 Å². The minimum Gasteiger partial charge on any atom is -0.393 e. The van der Waals surface area contributed by atoms with Gasteiger partial charge in [-0.15, -0.1) is 6.58 Å². The van der Waals surface area contributed by atoms with E-state index in [1.54, 1.807) is 16.7 Å². The lowest BCUT2D eigenvalue weighted by Crippen LogP contribution is -2.36. The second-order valence-electron chi connectivity index (χ2n) is 28.3. The zero-order chi connectivity index (χ0) is 57.0. The molecule has 6 aliphatic carbocycles. The molecule has 428 valence electrons. The third-order valence-electron chi connectivity index (χ3n) is 19.5. The summed E-state index contributed by atoms with van der Waals surface area (Å²) in [6.07, 6.45) is 46.2. The maximum Gasteiger partial charge on any atom is 0.133 e. The molecule has 6 aliphatic rings. The van der Waals surface area contributed by atoms with Crippen LogP contribution in [0.1, 0.15) is 221 Å². The van der Waals surface area contributed by atoms with Crippen LogP contribution >= 0.6 is 0 Å². The fourth-order valence-corrected chi connectivity index (χ4v) is 16.1. The van der Waals surface area contributed by atoms with E-state index in [2.05, 4.69) is 167 Å². The van der Waals surface area contributed by atoms with Crippen molar-refractivity contribution in [1.29, 1.82) is 0 Å². The zero-order valence-electron chi connectivity index (χ0n) is 51.5. The number of benzene rings is 1. The topological polar surface area (TPSA) is 37.3 Å². The number of aliphatic hydroxyl groups is 1. The summed E-state index contributed by atoms with van der Waals surface area (Å²) in [5.41, 5.74) is 17.4. The number of fused-ring (bicyclic) bond motifs is 3. The number of aliphatic hydroxyl groups excluding tert-OH is 1. The smallest absolute Gasteiger partial charge is 0.133 e. The van der Waals surface area contributed by atoms with Gasteiger partial charge in [-0.25, -0.2) is 0 Å². The first-order chi connectivity index (χ1) is 37.6. The van der Waals surface area contributed by atoms with E-state index in [4.69, 9.17) is 19.7 Å². The molecule has 2 heteroatoms. The number of rotatable bonds is 28. The molecule has 0 saturated carbocycles. The van der Waals surface area contributed by atoms with Crippen molar-refractivity contribution in [3.63, 3.8) is 0 Å². The Bertz CT molecular complexity index is 2600. The molecule has 2 nitrogen and oxygen atoms in total. The number of carbonyl (C=O) groups is 1. The van der Waals surface area contributed by atoms with Gasteiger partial charge in [0, 0.05) is 24.7 Å². The average Bonchev–Trinajstić information content (AvgIpc) is 3.59. The van der Waals surface area contributed by atoms with E-state index in [1.807, 2.05) is 0 Å². The zero-order valence-corrected chi connectivity index (χ0v) is 51.5. The van der Waals surface area contributed by atoms with Crippen molar-refractivity contribution in [2.24, 2.45) is 64.1 Å². The molecule has 1 aromatic rings. The molecule has 0 saturated heterocycles. The third kappa shape index (κ3) is 16.6. The first kappa shape index (κ1) is 62.1. The molecule has 1 aromatic carbocycles. The van der Waals surface area contributed by atoms with Crippen LogP contribution in [0.15, 0.2) is 174 Å². The van der Waals surface area contributed by atoms with Gasteiger partial charge in [-0.1, -0.05) is 199 Å². The lowest BCUT2D eigenvalue weighted by molar-refractivity contribution is -0.119. The average molecular weight is 1070 g/mol. The Labute approximate surface area is 483 Å². The van der Waals surface area contributed by atoms with Gasteiger partial charge in [-0.3, -0.25) is 4.79 Å². The molecular formula is C77H108O2. The van der Waals surface area contributed by atoms with Gasteiger partial charge >= 0.3 is 0 Å². The van der Waals surface area contributed by atoms with Gasteiger partial charge in [0.05, 0.1) is 6.10 Å². The molecule has 0 aliphatic heterocycles. The van der Waals surface area contributed by atoms with Crippen molar-refractivity contribution >= 4 is 11.4 Å². The molecular weight excluding hydrogens is 957 g/mol. The van der Waals surface area contributed by atoms with Crippen LogP contribution in [-0.2, 0) is 4.79 Å². The van der Waals surface area contributed by atoms with Gasteiger partial charge in [0.15, 0.2) is 0 Å². The van der Waals surface area contributed by atoms with Gasteiger partial charge < -0.3 is 5.11 Å². The first-order valence-corrected chi connectivity index (χ1v) is 31.7. The Morgan fingerprint density at radius 3 is 2.27 bits per heavy atom. The second kappa shape index (κ2) is 28.4. The Balaban J connectivity index is 1.05. The van der Waals surface area contributed by atoms with E-state index >= 15 is 0 Å². The molecule has 11 atom stereocenters. The highest BCUT2D eigenvalue weighted by Gasteiger charge is 2.42. The highest BCUT2D eigenvalue weighted by atomic mass is 16.3. The minimum atomic E-state index is -0.427. The summed E-state index contributed by atoms with van der Waals surface area (Å²) in [6, 6.07) is 9.23. The highest BCUT2D eigenvalue weighted by molar-refractivity contribution is 5.79. The molecule has 7 rings (SSSR count). The standard InChI is InChI=1S/C77H108O2/c1-15-16-30-64-57(8)63(65-32-21-25-36-70(65)73(64)52(2)3)47-45-60(78)44-43-58(49-61(79)46-48-68-66-33-22-26-37-71(66)75(56(7)51-77(12,13)14)72-38-27-23-34-67(68)72)42-40-53(4)39-41-54(5)62-31-20-24-35-69(62)74(55(6)50-76(9,10)11)59-28-18-17-19-29-59/h15,17-18,20-22,25-27,31-33,36-38,56,58-59,61,64-65,67-68,70,73-74,79H,1-2,4-6,16,19,23-24,28-30,34-35,39-51H2,3,7-14H3/t56?,58?,59?,61?,64-,65?,67-,68?,70+,73?,74-/m0/s1. The molecule has 0 heterocycles. The summed E-state index contributed by atoms with van der Waals surface area (Å²) < 4.78 is 0. The second-order valence-corrected chi connectivity index (χ2v) is 28.3. The molecule has 0 amide bonds. The first-order valence-electron chi connectivity index (χ1n) is 31.7. The monoisotopic (exact) mass is 1060 g/mol. The number of hydrogen-bond acceptors (Lipinski definition) is 2. The lowest BCUT2D eigenvalue weighted by atomic mass is 9.59. The van der Waals surface area contributed by atoms with Gasteiger partial charge in [0.25, 0.3) is 0 Å². The maximum absolute atomic E-state index is 14.3. The van der Waals surface area contributed by atoms with Crippen molar-refractivity contribution in [3.8, 4) is 0 Å². The molecule has 0 bridgehead atoms. The van der Waals surface area contributed by atoms with Gasteiger partial charge in [-0.05, 0) is 234 Å². The Morgan fingerprint density at radius 1 is 0.810 bits per heavy atom. The van der Waals surface area contributed by atoms with E-state index in [0.717, 1.165) is 116 Å². The van der Waals surface area contributed by atoms with Crippen molar-refractivity contribution in [3.05, 3.63) is 185 Å². The number of carbonyl (C=O) groups excluding carboxylic acids is 1. The highest BCUT2D eigenvalue weighted by Crippen LogP contribution is 2.54. The van der Waals surface area contributed by atoms with Crippen LogP contribution in [0.3, 0.4) is 0 Å². The van der Waals surface area contributed by atoms with E-state index in [0.29, 0.717) is 71.9 Å². The van der Waals surface area contributed by atoms with Crippen LogP contribution in [0.4, 0.5) is 0 Å².